The van der Waals surface area contributed by atoms with Gasteiger partial charge < -0.3 is 10.4 Å². The second-order valence-corrected chi connectivity index (χ2v) is 8.43. The van der Waals surface area contributed by atoms with Gasteiger partial charge in [-0.25, -0.2) is 13.1 Å². The molecule has 0 aliphatic carbocycles. The number of rotatable bonds is 12. The standard InChI is InChI=1S/C19H27ClN2O3S/c20-17-9-10-18-16(15-17)7-5-8-19(18)26(24,25)22-13-4-2-1-3-11-21-12-6-14-23/h5,7-10,15,21-23H,1-4,6,11-14H2. The van der Waals surface area contributed by atoms with Crippen molar-refractivity contribution in [3.05, 3.63) is 41.4 Å². The van der Waals surface area contributed by atoms with Crippen molar-refractivity contribution >= 4 is 32.4 Å². The van der Waals surface area contributed by atoms with Gasteiger partial charge in [0, 0.05) is 23.6 Å². The normalized spacial score (nSPS) is 11.9. The molecule has 0 unspecified atom stereocenters. The van der Waals surface area contributed by atoms with Crippen LogP contribution in [0.2, 0.25) is 5.02 Å². The van der Waals surface area contributed by atoms with E-state index in [1.54, 1.807) is 30.3 Å². The average Bonchev–Trinajstić information content (AvgIpc) is 2.62. The van der Waals surface area contributed by atoms with Crippen LogP contribution in [0.3, 0.4) is 0 Å². The lowest BCUT2D eigenvalue weighted by atomic mass is 10.1. The minimum atomic E-state index is -3.54. The molecule has 0 radical (unpaired) electrons. The summed E-state index contributed by atoms with van der Waals surface area (Å²) in [7, 11) is -3.54. The molecule has 0 atom stereocenters. The van der Waals surface area contributed by atoms with E-state index in [1.165, 1.54) is 0 Å². The molecule has 0 aliphatic rings. The number of aliphatic hydroxyl groups excluding tert-OH is 1. The lowest BCUT2D eigenvalue weighted by Gasteiger charge is -2.10. The van der Waals surface area contributed by atoms with E-state index >= 15 is 0 Å². The van der Waals surface area contributed by atoms with Crippen LogP contribution in [-0.2, 0) is 10.0 Å². The van der Waals surface area contributed by atoms with E-state index in [9.17, 15) is 8.42 Å². The molecule has 7 heteroatoms. The van der Waals surface area contributed by atoms with Gasteiger partial charge in [-0.05, 0) is 55.9 Å². The SMILES string of the molecule is O=S(=O)(NCCCCCCNCCCO)c1cccc2cc(Cl)ccc12. The predicted molar refractivity (Wildman–Crippen MR) is 107 cm³/mol. The molecule has 0 amide bonds. The van der Waals surface area contributed by atoms with Gasteiger partial charge in [0.25, 0.3) is 0 Å². The molecule has 0 spiro atoms. The summed E-state index contributed by atoms with van der Waals surface area (Å²) in [5, 5.41) is 14.0. The minimum absolute atomic E-state index is 0.219. The van der Waals surface area contributed by atoms with E-state index in [4.69, 9.17) is 16.7 Å². The third-order valence-corrected chi connectivity index (χ3v) is 5.93. The van der Waals surface area contributed by atoms with E-state index < -0.39 is 10.0 Å². The molecule has 0 aliphatic heterocycles. The first-order valence-electron chi connectivity index (χ1n) is 9.04. The Morgan fingerprint density at radius 2 is 1.65 bits per heavy atom. The molecule has 5 nitrogen and oxygen atoms in total. The molecular weight excluding hydrogens is 372 g/mol. The Labute approximate surface area is 160 Å². The lowest BCUT2D eigenvalue weighted by Crippen LogP contribution is -2.25. The van der Waals surface area contributed by atoms with E-state index in [-0.39, 0.29) is 6.61 Å². The van der Waals surface area contributed by atoms with Gasteiger partial charge in [0.15, 0.2) is 0 Å². The van der Waals surface area contributed by atoms with Gasteiger partial charge >= 0.3 is 0 Å². The summed E-state index contributed by atoms with van der Waals surface area (Å²) < 4.78 is 27.9. The number of unbranched alkanes of at least 4 members (excludes halogenated alkanes) is 3. The van der Waals surface area contributed by atoms with Gasteiger partial charge in [0.2, 0.25) is 10.0 Å². The smallest absolute Gasteiger partial charge is 0.241 e. The molecule has 0 fully saturated rings. The molecule has 3 N–H and O–H groups in total. The van der Waals surface area contributed by atoms with Crippen LogP contribution >= 0.6 is 11.6 Å². The highest BCUT2D eigenvalue weighted by atomic mass is 35.5. The Hall–Kier alpha value is -1.18. The van der Waals surface area contributed by atoms with E-state index in [1.807, 2.05) is 6.07 Å². The second kappa shape index (κ2) is 10.8. The minimum Gasteiger partial charge on any atom is -0.396 e. The summed E-state index contributed by atoms with van der Waals surface area (Å²) in [5.41, 5.74) is 0. The van der Waals surface area contributed by atoms with Crippen LogP contribution in [0, 0.1) is 0 Å². The molecule has 0 saturated carbocycles. The number of sulfonamides is 1. The van der Waals surface area contributed by atoms with Crippen molar-refractivity contribution in [2.75, 3.05) is 26.2 Å². The molecule has 2 rings (SSSR count). The summed E-state index contributed by atoms with van der Waals surface area (Å²) in [6.07, 6.45) is 4.69. The number of halogens is 1. The average molecular weight is 399 g/mol. The molecule has 0 bridgehead atoms. The summed E-state index contributed by atoms with van der Waals surface area (Å²) >= 11 is 5.98. The summed E-state index contributed by atoms with van der Waals surface area (Å²) in [4.78, 5) is 0.291. The topological polar surface area (TPSA) is 78.4 Å². The first-order valence-corrected chi connectivity index (χ1v) is 10.9. The van der Waals surface area contributed by atoms with Crippen LogP contribution in [0.15, 0.2) is 41.3 Å². The monoisotopic (exact) mass is 398 g/mol. The largest absolute Gasteiger partial charge is 0.396 e. The fourth-order valence-corrected chi connectivity index (χ4v) is 4.28. The van der Waals surface area contributed by atoms with E-state index in [0.717, 1.165) is 50.6 Å². The second-order valence-electron chi connectivity index (χ2n) is 6.26. The van der Waals surface area contributed by atoms with Crippen molar-refractivity contribution in [1.82, 2.24) is 10.0 Å². The van der Waals surface area contributed by atoms with Crippen LogP contribution in [0.1, 0.15) is 32.1 Å². The lowest BCUT2D eigenvalue weighted by molar-refractivity contribution is 0.286. The number of hydrogen-bond donors (Lipinski definition) is 3. The third-order valence-electron chi connectivity index (χ3n) is 4.18. The maximum atomic E-state index is 12.6. The van der Waals surface area contributed by atoms with Crippen molar-refractivity contribution < 1.29 is 13.5 Å². The van der Waals surface area contributed by atoms with Gasteiger partial charge in [-0.2, -0.15) is 0 Å². The third kappa shape index (κ3) is 6.52. The van der Waals surface area contributed by atoms with Crippen LogP contribution in [0.5, 0.6) is 0 Å². The summed E-state index contributed by atoms with van der Waals surface area (Å²) in [6, 6.07) is 10.4. The van der Waals surface area contributed by atoms with Crippen molar-refractivity contribution in [2.45, 2.75) is 37.0 Å². The van der Waals surface area contributed by atoms with Crippen molar-refractivity contribution in [2.24, 2.45) is 0 Å². The molecule has 144 valence electrons. The van der Waals surface area contributed by atoms with Crippen molar-refractivity contribution in [3.63, 3.8) is 0 Å². The number of benzene rings is 2. The van der Waals surface area contributed by atoms with Gasteiger partial charge in [-0.15, -0.1) is 0 Å². The molecule has 0 heterocycles. The Balaban J connectivity index is 1.77. The molecule has 26 heavy (non-hydrogen) atoms. The predicted octanol–water partition coefficient (Wildman–Crippen LogP) is 3.30. The number of fused-ring (bicyclic) bond motifs is 1. The highest BCUT2D eigenvalue weighted by Gasteiger charge is 2.16. The zero-order chi connectivity index (χ0) is 18.8. The van der Waals surface area contributed by atoms with Crippen LogP contribution in [-0.4, -0.2) is 39.8 Å². The van der Waals surface area contributed by atoms with Crippen LogP contribution in [0.4, 0.5) is 0 Å². The quantitative estimate of drug-likeness (QED) is 0.479. The highest BCUT2D eigenvalue weighted by molar-refractivity contribution is 7.89. The molecule has 2 aromatic rings. The number of nitrogens with one attached hydrogen (secondary N) is 2. The highest BCUT2D eigenvalue weighted by Crippen LogP contribution is 2.25. The number of aliphatic hydroxyl groups is 1. The van der Waals surface area contributed by atoms with E-state index in [0.29, 0.717) is 21.8 Å². The zero-order valence-corrected chi connectivity index (χ0v) is 16.5. The molecule has 2 aromatic carbocycles. The van der Waals surface area contributed by atoms with Crippen LogP contribution < -0.4 is 10.0 Å². The summed E-state index contributed by atoms with van der Waals surface area (Å²) in [5.74, 6) is 0. The molecule has 0 aromatic heterocycles. The first kappa shape index (κ1) is 21.1. The molecular formula is C19H27ClN2O3S. The Morgan fingerprint density at radius 1 is 0.923 bits per heavy atom. The van der Waals surface area contributed by atoms with Gasteiger partial charge in [0.05, 0.1) is 4.90 Å². The van der Waals surface area contributed by atoms with Crippen molar-refractivity contribution in [3.8, 4) is 0 Å². The maximum Gasteiger partial charge on any atom is 0.241 e. The van der Waals surface area contributed by atoms with E-state index in [2.05, 4.69) is 10.0 Å². The summed E-state index contributed by atoms with van der Waals surface area (Å²) in [6.45, 7) is 2.43. The van der Waals surface area contributed by atoms with Crippen LogP contribution in [0.25, 0.3) is 10.8 Å². The first-order chi connectivity index (χ1) is 12.5. The van der Waals surface area contributed by atoms with Gasteiger partial charge in [0.1, 0.15) is 0 Å². The molecule has 0 saturated heterocycles. The Morgan fingerprint density at radius 3 is 2.42 bits per heavy atom. The Kier molecular flexibility index (Phi) is 8.81. The zero-order valence-electron chi connectivity index (χ0n) is 14.9. The fourth-order valence-electron chi connectivity index (χ4n) is 2.80. The van der Waals surface area contributed by atoms with Gasteiger partial charge in [-0.3, -0.25) is 0 Å². The number of hydrogen-bond acceptors (Lipinski definition) is 4. The van der Waals surface area contributed by atoms with Gasteiger partial charge in [-0.1, -0.05) is 42.6 Å². The fraction of sp³-hybridized carbons (Fsp3) is 0.474. The Bertz CT molecular complexity index is 796. The maximum absolute atomic E-state index is 12.6. The van der Waals surface area contributed by atoms with Crippen molar-refractivity contribution in [1.29, 1.82) is 0 Å².